The van der Waals surface area contributed by atoms with E-state index in [1.807, 2.05) is 37.3 Å². The Morgan fingerprint density at radius 3 is 2.60 bits per heavy atom. The van der Waals surface area contributed by atoms with E-state index in [0.29, 0.717) is 37.6 Å². The summed E-state index contributed by atoms with van der Waals surface area (Å²) < 4.78 is 32.1. The highest BCUT2D eigenvalue weighted by Gasteiger charge is 2.31. The van der Waals surface area contributed by atoms with Crippen molar-refractivity contribution >= 4 is 10.0 Å². The van der Waals surface area contributed by atoms with Crippen molar-refractivity contribution in [1.82, 2.24) is 14.4 Å². The van der Waals surface area contributed by atoms with E-state index in [9.17, 15) is 8.42 Å². The third-order valence-electron chi connectivity index (χ3n) is 4.62. The van der Waals surface area contributed by atoms with Gasteiger partial charge in [-0.15, -0.1) is 0 Å². The smallest absolute Gasteiger partial charge is 0.229 e. The average Bonchev–Trinajstić information content (AvgIpc) is 3.12. The molecule has 1 aromatic heterocycles. The second-order valence-corrected chi connectivity index (χ2v) is 8.39. The summed E-state index contributed by atoms with van der Waals surface area (Å²) in [6.45, 7) is 2.91. The summed E-state index contributed by atoms with van der Waals surface area (Å²) in [7, 11) is -3.31. The molecule has 3 rings (SSSR count). The predicted molar refractivity (Wildman–Crippen MR) is 94.1 cm³/mol. The van der Waals surface area contributed by atoms with Crippen LogP contribution in [0.25, 0.3) is 0 Å². The van der Waals surface area contributed by atoms with E-state index in [-0.39, 0.29) is 17.7 Å². The van der Waals surface area contributed by atoms with Crippen LogP contribution >= 0.6 is 0 Å². The number of sulfonamides is 1. The van der Waals surface area contributed by atoms with Gasteiger partial charge in [0.1, 0.15) is 0 Å². The average molecular weight is 364 g/mol. The van der Waals surface area contributed by atoms with E-state index in [1.165, 1.54) is 0 Å². The highest BCUT2D eigenvalue weighted by Crippen LogP contribution is 2.29. The summed E-state index contributed by atoms with van der Waals surface area (Å²) in [5.41, 5.74) is 6.72. The fraction of sp³-hybridized carbons (Fsp3) is 0.529. The van der Waals surface area contributed by atoms with Gasteiger partial charge in [0.15, 0.2) is 5.82 Å². The quantitative estimate of drug-likeness (QED) is 0.843. The number of benzene rings is 1. The monoisotopic (exact) mass is 364 g/mol. The molecule has 2 N–H and O–H groups in total. The number of hydrogen-bond donors (Lipinski definition) is 1. The zero-order chi connectivity index (χ0) is 17.9. The molecular weight excluding hydrogens is 340 g/mol. The Balaban J connectivity index is 1.60. The minimum atomic E-state index is -3.31. The lowest BCUT2D eigenvalue weighted by Crippen LogP contribution is -2.38. The first-order chi connectivity index (χ1) is 12.0. The van der Waals surface area contributed by atoms with Gasteiger partial charge in [-0.25, -0.2) is 12.7 Å². The van der Waals surface area contributed by atoms with Gasteiger partial charge in [-0.3, -0.25) is 0 Å². The summed E-state index contributed by atoms with van der Waals surface area (Å²) in [5, 5.41) is 3.94. The summed E-state index contributed by atoms with van der Waals surface area (Å²) in [5.74, 6) is 1.22. The Morgan fingerprint density at radius 2 is 1.96 bits per heavy atom. The molecule has 1 aliphatic heterocycles. The molecule has 7 nitrogen and oxygen atoms in total. The van der Waals surface area contributed by atoms with Crippen molar-refractivity contribution in [2.75, 3.05) is 13.1 Å². The third kappa shape index (κ3) is 4.26. The molecule has 0 saturated carbocycles. The minimum Gasteiger partial charge on any atom is -0.339 e. The van der Waals surface area contributed by atoms with Crippen LogP contribution in [-0.4, -0.2) is 36.0 Å². The van der Waals surface area contributed by atoms with E-state index in [4.69, 9.17) is 10.3 Å². The van der Waals surface area contributed by atoms with Crippen LogP contribution in [0.2, 0.25) is 0 Å². The van der Waals surface area contributed by atoms with Gasteiger partial charge in [0.2, 0.25) is 15.9 Å². The normalized spacial score (nSPS) is 18.3. The highest BCUT2D eigenvalue weighted by molar-refractivity contribution is 7.88. The SMILES string of the molecule is CCC(N)c1noc(C2CCN(S(=O)(=O)Cc3ccccc3)CC2)n1. The summed E-state index contributed by atoms with van der Waals surface area (Å²) in [6, 6.07) is 9.03. The van der Waals surface area contributed by atoms with Crippen LogP contribution in [0.5, 0.6) is 0 Å². The number of nitrogens with zero attached hydrogens (tertiary/aromatic N) is 3. The van der Waals surface area contributed by atoms with E-state index >= 15 is 0 Å². The molecule has 1 aromatic carbocycles. The van der Waals surface area contributed by atoms with Gasteiger partial charge >= 0.3 is 0 Å². The third-order valence-corrected chi connectivity index (χ3v) is 6.47. The van der Waals surface area contributed by atoms with Crippen LogP contribution in [0.1, 0.15) is 55.4 Å². The van der Waals surface area contributed by atoms with Gasteiger partial charge in [-0.05, 0) is 24.8 Å². The van der Waals surface area contributed by atoms with Gasteiger partial charge in [0.25, 0.3) is 0 Å². The van der Waals surface area contributed by atoms with E-state index in [1.54, 1.807) is 4.31 Å². The molecular formula is C17H24N4O3S. The molecule has 2 aromatic rings. The van der Waals surface area contributed by atoms with E-state index in [2.05, 4.69) is 10.1 Å². The van der Waals surface area contributed by atoms with Crippen molar-refractivity contribution in [3.05, 3.63) is 47.6 Å². The van der Waals surface area contributed by atoms with Gasteiger partial charge in [0, 0.05) is 19.0 Å². The molecule has 0 aliphatic carbocycles. The second kappa shape index (κ2) is 7.63. The number of rotatable bonds is 6. The lowest BCUT2D eigenvalue weighted by Gasteiger charge is -2.29. The predicted octanol–water partition coefficient (Wildman–Crippen LogP) is 2.19. The van der Waals surface area contributed by atoms with Crippen molar-refractivity contribution in [2.24, 2.45) is 5.73 Å². The highest BCUT2D eigenvalue weighted by atomic mass is 32.2. The minimum absolute atomic E-state index is 0.0363. The Labute approximate surface area is 148 Å². The van der Waals surface area contributed by atoms with Crippen molar-refractivity contribution in [3.8, 4) is 0 Å². The van der Waals surface area contributed by atoms with Crippen molar-refractivity contribution in [2.45, 2.75) is 43.9 Å². The Kier molecular flexibility index (Phi) is 5.51. The van der Waals surface area contributed by atoms with Crippen LogP contribution in [0.3, 0.4) is 0 Å². The molecule has 1 fully saturated rings. The van der Waals surface area contributed by atoms with E-state index in [0.717, 1.165) is 12.0 Å². The Hall–Kier alpha value is -1.77. The van der Waals surface area contributed by atoms with Gasteiger partial charge < -0.3 is 10.3 Å². The molecule has 1 atom stereocenters. The Bertz CT molecular complexity index is 783. The maximum absolute atomic E-state index is 12.6. The molecule has 0 bridgehead atoms. The fourth-order valence-electron chi connectivity index (χ4n) is 3.00. The van der Waals surface area contributed by atoms with Crippen molar-refractivity contribution < 1.29 is 12.9 Å². The number of hydrogen-bond acceptors (Lipinski definition) is 6. The molecule has 0 spiro atoms. The molecule has 8 heteroatoms. The van der Waals surface area contributed by atoms with E-state index < -0.39 is 10.0 Å². The van der Waals surface area contributed by atoms with Crippen LogP contribution in [-0.2, 0) is 15.8 Å². The fourth-order valence-corrected chi connectivity index (χ4v) is 4.57. The second-order valence-electron chi connectivity index (χ2n) is 6.42. The van der Waals surface area contributed by atoms with Crippen LogP contribution < -0.4 is 5.73 Å². The van der Waals surface area contributed by atoms with Gasteiger partial charge in [-0.2, -0.15) is 4.98 Å². The van der Waals surface area contributed by atoms with Crippen LogP contribution in [0.15, 0.2) is 34.9 Å². The number of aromatic nitrogens is 2. The first-order valence-electron chi connectivity index (χ1n) is 8.60. The molecule has 1 saturated heterocycles. The van der Waals surface area contributed by atoms with Gasteiger partial charge in [0.05, 0.1) is 11.8 Å². The van der Waals surface area contributed by atoms with Crippen LogP contribution in [0.4, 0.5) is 0 Å². The van der Waals surface area contributed by atoms with Crippen LogP contribution in [0, 0.1) is 0 Å². The lowest BCUT2D eigenvalue weighted by molar-refractivity contribution is 0.269. The zero-order valence-electron chi connectivity index (χ0n) is 14.3. The lowest BCUT2D eigenvalue weighted by atomic mass is 9.98. The molecule has 2 heterocycles. The maximum Gasteiger partial charge on any atom is 0.229 e. The van der Waals surface area contributed by atoms with Crippen molar-refractivity contribution in [3.63, 3.8) is 0 Å². The first kappa shape index (κ1) is 18.0. The summed E-state index contributed by atoms with van der Waals surface area (Å²) >= 11 is 0. The number of piperidine rings is 1. The standard InChI is InChI=1S/C17H24N4O3S/c1-2-15(18)16-19-17(24-20-16)14-8-10-21(11-9-14)25(22,23)12-13-6-4-3-5-7-13/h3-7,14-15H,2,8-12,18H2,1H3. The summed E-state index contributed by atoms with van der Waals surface area (Å²) in [6.07, 6.45) is 2.10. The largest absolute Gasteiger partial charge is 0.339 e. The number of nitrogens with two attached hydrogens (primary N) is 1. The molecule has 1 aliphatic rings. The zero-order valence-corrected chi connectivity index (χ0v) is 15.2. The molecule has 25 heavy (non-hydrogen) atoms. The Morgan fingerprint density at radius 1 is 1.28 bits per heavy atom. The molecule has 0 radical (unpaired) electrons. The molecule has 136 valence electrons. The molecule has 0 amide bonds. The first-order valence-corrected chi connectivity index (χ1v) is 10.2. The topological polar surface area (TPSA) is 102 Å². The summed E-state index contributed by atoms with van der Waals surface area (Å²) in [4.78, 5) is 4.39. The van der Waals surface area contributed by atoms with Crippen molar-refractivity contribution in [1.29, 1.82) is 0 Å². The van der Waals surface area contributed by atoms with Gasteiger partial charge in [-0.1, -0.05) is 42.4 Å². The maximum atomic E-state index is 12.6. The molecule has 1 unspecified atom stereocenters.